The van der Waals surface area contributed by atoms with Gasteiger partial charge in [0.15, 0.2) is 0 Å². The zero-order valence-electron chi connectivity index (χ0n) is 28.4. The summed E-state index contributed by atoms with van der Waals surface area (Å²) in [6, 6.07) is 34.6. The summed E-state index contributed by atoms with van der Waals surface area (Å²) in [6.07, 6.45) is 7.87. The van der Waals surface area contributed by atoms with Crippen LogP contribution in [-0.2, 0) is 28.0 Å². The fourth-order valence-corrected chi connectivity index (χ4v) is 6.08. The minimum atomic E-state index is -0.347. The van der Waals surface area contributed by atoms with E-state index in [0.717, 1.165) is 41.3 Å². The molecule has 0 radical (unpaired) electrons. The van der Waals surface area contributed by atoms with Gasteiger partial charge in [-0.25, -0.2) is 0 Å². The molecule has 4 aromatic rings. The maximum Gasteiger partial charge on any atom is 0.232 e. The van der Waals surface area contributed by atoms with Crippen molar-refractivity contribution in [2.75, 3.05) is 25.1 Å². The van der Waals surface area contributed by atoms with Gasteiger partial charge in [0.25, 0.3) is 0 Å². The molecule has 1 aliphatic carbocycles. The Kier molecular flexibility index (Phi) is 12.5. The smallest absolute Gasteiger partial charge is 0.232 e. The lowest BCUT2D eigenvalue weighted by Crippen LogP contribution is -2.23. The number of carbonyl (C=O) groups is 1. The molecule has 5 nitrogen and oxygen atoms in total. The monoisotopic (exact) mass is 633 g/mol. The van der Waals surface area contributed by atoms with E-state index in [1.165, 1.54) is 43.2 Å². The van der Waals surface area contributed by atoms with Crippen molar-refractivity contribution in [1.29, 1.82) is 0 Å². The molecule has 1 atom stereocenters. The number of nitrogens with one attached hydrogen (secondary N) is 1. The first-order valence-corrected chi connectivity index (χ1v) is 17.3. The van der Waals surface area contributed by atoms with Crippen LogP contribution in [0, 0.1) is 5.92 Å². The van der Waals surface area contributed by atoms with Gasteiger partial charge in [0.1, 0.15) is 11.5 Å². The van der Waals surface area contributed by atoms with E-state index in [1.807, 2.05) is 54.6 Å². The highest BCUT2D eigenvalue weighted by Gasteiger charge is 2.23. The van der Waals surface area contributed by atoms with Crippen LogP contribution in [0.4, 0.5) is 5.69 Å². The second-order valence-electron chi connectivity index (χ2n) is 13.8. The van der Waals surface area contributed by atoms with E-state index in [-0.39, 0.29) is 17.2 Å². The van der Waals surface area contributed by atoms with Crippen LogP contribution in [0.1, 0.15) is 87.5 Å². The maximum absolute atomic E-state index is 13.8. The molecule has 0 bridgehead atoms. The van der Waals surface area contributed by atoms with Crippen molar-refractivity contribution in [3.63, 3.8) is 0 Å². The molecule has 0 heterocycles. The van der Waals surface area contributed by atoms with Crippen molar-refractivity contribution < 1.29 is 19.0 Å². The van der Waals surface area contributed by atoms with Gasteiger partial charge in [0, 0.05) is 12.1 Å². The summed E-state index contributed by atoms with van der Waals surface area (Å²) in [4.78, 5) is 13.8. The zero-order chi connectivity index (χ0) is 32.9. The van der Waals surface area contributed by atoms with Gasteiger partial charge in [-0.1, -0.05) is 107 Å². The van der Waals surface area contributed by atoms with Crippen LogP contribution in [-0.4, -0.2) is 25.7 Å². The Labute approximate surface area is 281 Å². The molecule has 5 rings (SSSR count). The molecule has 248 valence electrons. The van der Waals surface area contributed by atoms with E-state index < -0.39 is 0 Å². The van der Waals surface area contributed by atoms with E-state index in [2.05, 4.69) is 74.6 Å². The third-order valence-electron chi connectivity index (χ3n) is 9.00. The normalized spacial score (nSPS) is 14.4. The van der Waals surface area contributed by atoms with E-state index >= 15 is 0 Å². The zero-order valence-corrected chi connectivity index (χ0v) is 28.4. The summed E-state index contributed by atoms with van der Waals surface area (Å²) < 4.78 is 17.8. The summed E-state index contributed by atoms with van der Waals surface area (Å²) in [7, 11) is 0. The highest BCUT2D eigenvalue weighted by Crippen LogP contribution is 2.29. The molecule has 47 heavy (non-hydrogen) atoms. The molecule has 5 heteroatoms. The molecule has 1 saturated carbocycles. The van der Waals surface area contributed by atoms with Gasteiger partial charge in [-0.2, -0.15) is 0 Å². The van der Waals surface area contributed by atoms with Crippen molar-refractivity contribution >= 4 is 11.6 Å². The predicted molar refractivity (Wildman–Crippen MR) is 191 cm³/mol. The first kappa shape index (κ1) is 34.3. The van der Waals surface area contributed by atoms with Gasteiger partial charge in [-0.15, -0.1) is 0 Å². The van der Waals surface area contributed by atoms with E-state index in [1.54, 1.807) is 0 Å². The summed E-state index contributed by atoms with van der Waals surface area (Å²) >= 11 is 0. The average Bonchev–Trinajstić information content (AvgIpc) is 3.09. The quantitative estimate of drug-likeness (QED) is 0.132. The Hall–Kier alpha value is -4.09. The fraction of sp³-hybridized carbons (Fsp3) is 0.405. The van der Waals surface area contributed by atoms with Crippen LogP contribution in [0.5, 0.6) is 11.5 Å². The number of hydrogen-bond acceptors (Lipinski definition) is 4. The van der Waals surface area contributed by atoms with E-state index in [4.69, 9.17) is 14.2 Å². The van der Waals surface area contributed by atoms with Gasteiger partial charge in [0.05, 0.1) is 32.3 Å². The maximum atomic E-state index is 13.8. The van der Waals surface area contributed by atoms with Gasteiger partial charge < -0.3 is 19.5 Å². The van der Waals surface area contributed by atoms with Crippen molar-refractivity contribution in [2.45, 2.75) is 83.7 Å². The summed E-state index contributed by atoms with van der Waals surface area (Å²) in [6.45, 7) is 9.23. The fourth-order valence-electron chi connectivity index (χ4n) is 6.08. The molecule has 4 aromatic carbocycles. The molecule has 1 unspecified atom stereocenters. The van der Waals surface area contributed by atoms with Crippen LogP contribution in [0.3, 0.4) is 0 Å². The predicted octanol–water partition coefficient (Wildman–Crippen LogP) is 9.89. The topological polar surface area (TPSA) is 56.8 Å². The largest absolute Gasteiger partial charge is 0.494 e. The SMILES string of the molecule is CC(C)(C)c1ccc(C(Cc2ccc(OCCCOCc3ccccc3)cc2)C(=O)Nc2ccc(OCC3CCCCC3)cc2)cc1. The minimum Gasteiger partial charge on any atom is -0.494 e. The Morgan fingerprint density at radius 3 is 2.09 bits per heavy atom. The molecule has 1 amide bonds. The van der Waals surface area contributed by atoms with Crippen LogP contribution >= 0.6 is 0 Å². The highest BCUT2D eigenvalue weighted by molar-refractivity contribution is 5.96. The number of carbonyl (C=O) groups excluding carboxylic acids is 1. The van der Waals surface area contributed by atoms with Gasteiger partial charge in [-0.3, -0.25) is 4.79 Å². The molecular weight excluding hydrogens is 582 g/mol. The number of amides is 1. The van der Waals surface area contributed by atoms with Crippen molar-refractivity contribution in [1.82, 2.24) is 0 Å². The average molecular weight is 634 g/mol. The van der Waals surface area contributed by atoms with Crippen molar-refractivity contribution in [3.05, 3.63) is 125 Å². The van der Waals surface area contributed by atoms with Crippen LogP contribution < -0.4 is 14.8 Å². The molecule has 1 N–H and O–H groups in total. The third kappa shape index (κ3) is 11.0. The molecule has 1 aliphatic rings. The molecule has 0 aromatic heterocycles. The second-order valence-corrected chi connectivity index (χ2v) is 13.8. The van der Waals surface area contributed by atoms with Gasteiger partial charge in [0.2, 0.25) is 5.91 Å². The van der Waals surface area contributed by atoms with Gasteiger partial charge in [-0.05, 0) is 89.2 Å². The first-order valence-electron chi connectivity index (χ1n) is 17.3. The highest BCUT2D eigenvalue weighted by atomic mass is 16.5. The molecular formula is C42H51NO4. The van der Waals surface area contributed by atoms with Crippen LogP contribution in [0.25, 0.3) is 0 Å². The van der Waals surface area contributed by atoms with Crippen molar-refractivity contribution in [3.8, 4) is 11.5 Å². The standard InChI is InChI=1S/C42H51NO4/c1-42(2,3)36-19-17-35(18-20-36)40(41(44)43-37-21-25-39(26-22-37)47-31-34-13-8-5-9-14-34)29-32-15-23-38(24-16-32)46-28-10-27-45-30-33-11-6-4-7-12-33/h4,6-7,11-12,15-26,34,40H,5,8-10,13-14,27-31H2,1-3H3,(H,43,44). The lowest BCUT2D eigenvalue weighted by Gasteiger charge is -2.22. The number of ether oxygens (including phenoxy) is 3. The Bertz CT molecular complexity index is 1490. The lowest BCUT2D eigenvalue weighted by atomic mass is 9.84. The number of anilines is 1. The molecule has 1 fully saturated rings. The lowest BCUT2D eigenvalue weighted by molar-refractivity contribution is -0.117. The minimum absolute atomic E-state index is 0.0276. The number of rotatable bonds is 15. The summed E-state index contributed by atoms with van der Waals surface area (Å²) in [5, 5.41) is 3.17. The second kappa shape index (κ2) is 17.2. The Balaban J connectivity index is 1.17. The van der Waals surface area contributed by atoms with Crippen LogP contribution in [0.15, 0.2) is 103 Å². The first-order chi connectivity index (χ1) is 22.8. The Morgan fingerprint density at radius 1 is 0.745 bits per heavy atom. The summed E-state index contributed by atoms with van der Waals surface area (Å²) in [5.74, 6) is 1.95. The summed E-state index contributed by atoms with van der Waals surface area (Å²) in [5.41, 5.74) is 5.31. The van der Waals surface area contributed by atoms with Crippen LogP contribution in [0.2, 0.25) is 0 Å². The van der Waals surface area contributed by atoms with E-state index in [0.29, 0.717) is 32.2 Å². The number of benzene rings is 4. The molecule has 0 spiro atoms. The Morgan fingerprint density at radius 2 is 1.40 bits per heavy atom. The molecule has 0 saturated heterocycles. The number of hydrogen-bond donors (Lipinski definition) is 1. The third-order valence-corrected chi connectivity index (χ3v) is 9.00. The van der Waals surface area contributed by atoms with Crippen molar-refractivity contribution in [2.24, 2.45) is 5.92 Å². The van der Waals surface area contributed by atoms with Gasteiger partial charge >= 0.3 is 0 Å². The van der Waals surface area contributed by atoms with E-state index in [9.17, 15) is 4.79 Å². The molecule has 0 aliphatic heterocycles.